The molecule has 3 N–H and O–H groups in total. The van der Waals surface area contributed by atoms with E-state index in [1.54, 1.807) is 13.8 Å². The van der Waals surface area contributed by atoms with Crippen molar-refractivity contribution in [2.24, 2.45) is 7.05 Å². The summed E-state index contributed by atoms with van der Waals surface area (Å²) in [6.45, 7) is 7.57. The lowest BCUT2D eigenvalue weighted by atomic mass is 10.1. The third kappa shape index (κ3) is 3.18. The van der Waals surface area contributed by atoms with E-state index in [4.69, 9.17) is 20.4 Å². The van der Waals surface area contributed by atoms with Crippen LogP contribution >= 0.6 is 0 Å². The Labute approximate surface area is 164 Å². The van der Waals surface area contributed by atoms with Crippen molar-refractivity contribution in [1.29, 1.82) is 0 Å². The molecule has 1 aromatic carbocycles. The normalized spacial score (nSPS) is 18.0. The van der Waals surface area contributed by atoms with Gasteiger partial charge in [0.05, 0.1) is 19.3 Å². The Hall–Kier alpha value is -2.71. The van der Waals surface area contributed by atoms with Gasteiger partial charge in [-0.05, 0) is 45.0 Å². The lowest BCUT2D eigenvalue weighted by molar-refractivity contribution is 0.0663. The number of ether oxygens (including phenoxy) is 1. The molecule has 1 aliphatic rings. The van der Waals surface area contributed by atoms with Crippen LogP contribution in [0.5, 0.6) is 0 Å². The quantitative estimate of drug-likeness (QED) is 0.669. The summed E-state index contributed by atoms with van der Waals surface area (Å²) < 4.78 is 7.49. The molecule has 2 aromatic heterocycles. The van der Waals surface area contributed by atoms with Gasteiger partial charge in [0.1, 0.15) is 16.9 Å². The van der Waals surface area contributed by atoms with Crippen LogP contribution in [0.2, 0.25) is 0 Å². The summed E-state index contributed by atoms with van der Waals surface area (Å²) in [6, 6.07) is 7.65. The molecular weight excluding hydrogens is 356 g/mol. The van der Waals surface area contributed by atoms with E-state index in [0.717, 1.165) is 23.4 Å². The van der Waals surface area contributed by atoms with E-state index in [1.807, 2.05) is 35.9 Å². The molecule has 1 atom stereocenters. The minimum absolute atomic E-state index is 0.173. The number of rotatable bonds is 3. The molecule has 0 spiro atoms. The van der Waals surface area contributed by atoms with E-state index in [9.17, 15) is 5.11 Å². The topological polar surface area (TPSA) is 102 Å². The molecule has 0 aliphatic carbocycles. The Bertz CT molecular complexity index is 1010. The van der Waals surface area contributed by atoms with Gasteiger partial charge in [0.2, 0.25) is 0 Å². The van der Waals surface area contributed by atoms with Crippen LogP contribution in [0.3, 0.4) is 0 Å². The summed E-state index contributed by atoms with van der Waals surface area (Å²) in [7, 11) is 1.89. The van der Waals surface area contributed by atoms with Crippen molar-refractivity contribution in [2.45, 2.75) is 32.4 Å². The largest absolute Gasteiger partial charge is 0.399 e. The number of nitrogens with zero attached hydrogens (tertiary/aromatic N) is 5. The van der Waals surface area contributed by atoms with Crippen LogP contribution in [0.15, 0.2) is 24.3 Å². The van der Waals surface area contributed by atoms with Crippen molar-refractivity contribution in [2.75, 3.05) is 30.4 Å². The van der Waals surface area contributed by atoms with Crippen LogP contribution in [-0.4, -0.2) is 50.4 Å². The van der Waals surface area contributed by atoms with Crippen LogP contribution in [-0.2, 0) is 17.4 Å². The Balaban J connectivity index is 1.97. The standard InChI is InChI=1S/C20H26N6O2/c1-12-11-28-10-9-26(12)18-15-17(24-19(25(15)4)20(2,3)27)22-16(23-18)13-5-7-14(21)8-6-13/h5-8,12,27H,9-11,21H2,1-4H3/t12-/m0/s1. The van der Waals surface area contributed by atoms with E-state index in [2.05, 4.69) is 16.8 Å². The van der Waals surface area contributed by atoms with Crippen molar-refractivity contribution in [1.82, 2.24) is 19.5 Å². The maximum absolute atomic E-state index is 10.6. The Kier molecular flexibility index (Phi) is 4.47. The second kappa shape index (κ2) is 6.72. The molecule has 0 bridgehead atoms. The maximum Gasteiger partial charge on any atom is 0.184 e. The monoisotopic (exact) mass is 382 g/mol. The number of hydrogen-bond acceptors (Lipinski definition) is 7. The number of morpholine rings is 1. The number of benzene rings is 1. The number of fused-ring (bicyclic) bond motifs is 1. The minimum Gasteiger partial charge on any atom is -0.399 e. The van der Waals surface area contributed by atoms with Gasteiger partial charge in [0.25, 0.3) is 0 Å². The lowest BCUT2D eigenvalue weighted by Gasteiger charge is -2.34. The first kappa shape index (κ1) is 18.6. The van der Waals surface area contributed by atoms with Crippen LogP contribution in [0, 0.1) is 0 Å². The van der Waals surface area contributed by atoms with Gasteiger partial charge in [-0.2, -0.15) is 0 Å². The predicted octanol–water partition coefficient (Wildman–Crippen LogP) is 2.06. The fraction of sp³-hybridized carbons (Fsp3) is 0.450. The number of nitrogen functional groups attached to an aromatic ring is 1. The van der Waals surface area contributed by atoms with E-state index in [-0.39, 0.29) is 6.04 Å². The van der Waals surface area contributed by atoms with Crippen LogP contribution < -0.4 is 10.6 Å². The molecule has 0 amide bonds. The molecule has 148 valence electrons. The minimum atomic E-state index is -1.09. The van der Waals surface area contributed by atoms with Gasteiger partial charge in [-0.25, -0.2) is 15.0 Å². The number of aromatic nitrogens is 4. The molecule has 3 aromatic rings. The van der Waals surface area contributed by atoms with Crippen molar-refractivity contribution in [3.8, 4) is 11.4 Å². The molecule has 1 aliphatic heterocycles. The molecule has 1 saturated heterocycles. The highest BCUT2D eigenvalue weighted by Gasteiger charge is 2.30. The van der Waals surface area contributed by atoms with Crippen molar-refractivity contribution < 1.29 is 9.84 Å². The lowest BCUT2D eigenvalue weighted by Crippen LogP contribution is -2.44. The van der Waals surface area contributed by atoms with Gasteiger partial charge in [-0.3, -0.25) is 0 Å². The Morgan fingerprint density at radius 1 is 1.18 bits per heavy atom. The number of aryl methyl sites for hydroxylation is 1. The van der Waals surface area contributed by atoms with Crippen LogP contribution in [0.4, 0.5) is 11.5 Å². The molecule has 1 fully saturated rings. The van der Waals surface area contributed by atoms with Gasteiger partial charge < -0.3 is 25.0 Å². The highest BCUT2D eigenvalue weighted by molar-refractivity contribution is 5.87. The van der Waals surface area contributed by atoms with Crippen molar-refractivity contribution >= 4 is 22.7 Å². The van der Waals surface area contributed by atoms with Crippen molar-refractivity contribution in [3.63, 3.8) is 0 Å². The Morgan fingerprint density at radius 2 is 1.89 bits per heavy atom. The summed E-state index contributed by atoms with van der Waals surface area (Å²) >= 11 is 0. The SMILES string of the molecule is C[C@H]1COCCN1c1nc(-c2ccc(N)cc2)nc2nc(C(C)(C)O)n(C)c12. The Morgan fingerprint density at radius 3 is 2.54 bits per heavy atom. The molecular formula is C20H26N6O2. The fourth-order valence-electron chi connectivity index (χ4n) is 3.64. The molecule has 0 radical (unpaired) electrons. The van der Waals surface area contributed by atoms with E-state index in [0.29, 0.717) is 36.2 Å². The summed E-state index contributed by atoms with van der Waals surface area (Å²) in [4.78, 5) is 16.5. The number of nitrogens with two attached hydrogens (primary N) is 1. The first-order valence-corrected chi connectivity index (χ1v) is 9.43. The third-order valence-corrected chi connectivity index (χ3v) is 5.07. The molecule has 8 nitrogen and oxygen atoms in total. The molecule has 0 saturated carbocycles. The zero-order valence-electron chi connectivity index (χ0n) is 16.7. The maximum atomic E-state index is 10.6. The van der Waals surface area contributed by atoms with Crippen molar-refractivity contribution in [3.05, 3.63) is 30.1 Å². The summed E-state index contributed by atoms with van der Waals surface area (Å²) in [5.41, 5.74) is 7.67. The van der Waals surface area contributed by atoms with Gasteiger partial charge in [-0.15, -0.1) is 0 Å². The molecule has 8 heteroatoms. The van der Waals surface area contributed by atoms with E-state index >= 15 is 0 Å². The molecule has 3 heterocycles. The number of anilines is 2. The van der Waals surface area contributed by atoms with Gasteiger partial charge >= 0.3 is 0 Å². The van der Waals surface area contributed by atoms with Gasteiger partial charge in [0.15, 0.2) is 17.3 Å². The summed E-state index contributed by atoms with van der Waals surface area (Å²) in [6.07, 6.45) is 0. The fourth-order valence-corrected chi connectivity index (χ4v) is 3.64. The molecule has 28 heavy (non-hydrogen) atoms. The zero-order valence-corrected chi connectivity index (χ0v) is 16.7. The van der Waals surface area contributed by atoms with Gasteiger partial charge in [0, 0.05) is 24.8 Å². The smallest absolute Gasteiger partial charge is 0.184 e. The third-order valence-electron chi connectivity index (χ3n) is 5.07. The number of aliphatic hydroxyl groups is 1. The number of imidazole rings is 1. The molecule has 0 unspecified atom stereocenters. The summed E-state index contributed by atoms with van der Waals surface area (Å²) in [5, 5.41) is 10.6. The van der Waals surface area contributed by atoms with E-state index in [1.165, 1.54) is 0 Å². The number of hydrogen-bond donors (Lipinski definition) is 2. The second-order valence-electron chi connectivity index (χ2n) is 7.84. The average molecular weight is 382 g/mol. The zero-order chi connectivity index (χ0) is 20.1. The van der Waals surface area contributed by atoms with Gasteiger partial charge in [-0.1, -0.05) is 0 Å². The van der Waals surface area contributed by atoms with E-state index < -0.39 is 5.60 Å². The average Bonchev–Trinajstić information content (AvgIpc) is 2.99. The highest BCUT2D eigenvalue weighted by Crippen LogP contribution is 2.32. The predicted molar refractivity (Wildman–Crippen MR) is 109 cm³/mol. The first-order valence-electron chi connectivity index (χ1n) is 9.43. The first-order chi connectivity index (χ1) is 13.3. The summed E-state index contributed by atoms with van der Waals surface area (Å²) in [5.74, 6) is 1.94. The van der Waals surface area contributed by atoms with Crippen LogP contribution in [0.25, 0.3) is 22.6 Å². The molecule has 4 rings (SSSR count). The highest BCUT2D eigenvalue weighted by atomic mass is 16.5. The second-order valence-corrected chi connectivity index (χ2v) is 7.84. The van der Waals surface area contributed by atoms with Crippen LogP contribution in [0.1, 0.15) is 26.6 Å².